The SMILES string of the molecule is CCC[C@](C)(OC)C(=O)Nc1ccc(OC(C)C)c(C(=O)OC)c1. The van der Waals surface area contributed by atoms with Crippen LogP contribution in [0.15, 0.2) is 18.2 Å². The first kappa shape index (κ1) is 20.0. The summed E-state index contributed by atoms with van der Waals surface area (Å²) >= 11 is 0. The Balaban J connectivity index is 3.09. The van der Waals surface area contributed by atoms with Gasteiger partial charge in [0.05, 0.1) is 13.2 Å². The number of benzene rings is 1. The number of ether oxygens (including phenoxy) is 3. The maximum absolute atomic E-state index is 12.5. The number of carbonyl (C=O) groups is 2. The average molecular weight is 337 g/mol. The third kappa shape index (κ3) is 4.96. The van der Waals surface area contributed by atoms with Crippen LogP contribution in [-0.2, 0) is 14.3 Å². The largest absolute Gasteiger partial charge is 0.490 e. The Labute approximate surface area is 143 Å². The van der Waals surface area contributed by atoms with Crippen molar-refractivity contribution in [2.75, 3.05) is 19.5 Å². The monoisotopic (exact) mass is 337 g/mol. The van der Waals surface area contributed by atoms with Crippen molar-refractivity contribution in [1.29, 1.82) is 0 Å². The molecule has 0 unspecified atom stereocenters. The fourth-order valence-corrected chi connectivity index (χ4v) is 2.28. The molecule has 6 nitrogen and oxygen atoms in total. The first-order valence-electron chi connectivity index (χ1n) is 8.03. The van der Waals surface area contributed by atoms with E-state index in [4.69, 9.17) is 14.2 Å². The van der Waals surface area contributed by atoms with Gasteiger partial charge in [-0.3, -0.25) is 4.79 Å². The van der Waals surface area contributed by atoms with Crippen molar-refractivity contribution in [1.82, 2.24) is 0 Å². The molecule has 0 saturated carbocycles. The Hall–Kier alpha value is -2.08. The van der Waals surface area contributed by atoms with Crippen LogP contribution in [0.4, 0.5) is 5.69 Å². The van der Waals surface area contributed by atoms with Crippen molar-refractivity contribution in [2.24, 2.45) is 0 Å². The van der Waals surface area contributed by atoms with E-state index < -0.39 is 11.6 Å². The first-order valence-corrected chi connectivity index (χ1v) is 8.03. The quantitative estimate of drug-likeness (QED) is 0.736. The summed E-state index contributed by atoms with van der Waals surface area (Å²) in [7, 11) is 2.81. The fourth-order valence-electron chi connectivity index (χ4n) is 2.28. The molecule has 0 aliphatic carbocycles. The molecule has 24 heavy (non-hydrogen) atoms. The second kappa shape index (κ2) is 8.68. The van der Waals surface area contributed by atoms with Crippen LogP contribution >= 0.6 is 0 Å². The minimum Gasteiger partial charge on any atom is -0.490 e. The number of nitrogens with one attached hydrogen (secondary N) is 1. The number of hydrogen-bond donors (Lipinski definition) is 1. The van der Waals surface area contributed by atoms with E-state index in [-0.39, 0.29) is 17.6 Å². The summed E-state index contributed by atoms with van der Waals surface area (Å²) in [6.45, 7) is 7.46. The molecule has 1 aromatic carbocycles. The number of amides is 1. The molecule has 0 fully saturated rings. The van der Waals surface area contributed by atoms with Crippen molar-refractivity contribution < 1.29 is 23.8 Å². The Morgan fingerprint density at radius 1 is 1.25 bits per heavy atom. The maximum Gasteiger partial charge on any atom is 0.341 e. The summed E-state index contributed by atoms with van der Waals surface area (Å²) in [6, 6.07) is 4.87. The van der Waals surface area contributed by atoms with Gasteiger partial charge in [0, 0.05) is 12.8 Å². The number of methoxy groups -OCH3 is 2. The normalized spacial score (nSPS) is 13.3. The molecule has 0 aliphatic rings. The number of esters is 1. The van der Waals surface area contributed by atoms with E-state index in [1.54, 1.807) is 25.1 Å². The molecule has 0 bridgehead atoms. The molecular weight excluding hydrogens is 310 g/mol. The Kier molecular flexibility index (Phi) is 7.22. The third-order valence-electron chi connectivity index (χ3n) is 3.66. The van der Waals surface area contributed by atoms with Crippen molar-refractivity contribution in [3.8, 4) is 5.75 Å². The summed E-state index contributed by atoms with van der Waals surface area (Å²) in [5.41, 5.74) is -0.178. The molecule has 0 heterocycles. The van der Waals surface area contributed by atoms with Gasteiger partial charge in [-0.15, -0.1) is 0 Å². The minimum absolute atomic E-state index is 0.0878. The second-order valence-corrected chi connectivity index (χ2v) is 6.01. The van der Waals surface area contributed by atoms with Gasteiger partial charge in [0.1, 0.15) is 16.9 Å². The Morgan fingerprint density at radius 2 is 1.92 bits per heavy atom. The topological polar surface area (TPSA) is 73.9 Å². The van der Waals surface area contributed by atoms with Gasteiger partial charge in [-0.2, -0.15) is 0 Å². The van der Waals surface area contributed by atoms with Crippen LogP contribution in [-0.4, -0.2) is 37.8 Å². The minimum atomic E-state index is -0.923. The Bertz CT molecular complexity index is 585. The van der Waals surface area contributed by atoms with Gasteiger partial charge in [0.25, 0.3) is 5.91 Å². The summed E-state index contributed by atoms with van der Waals surface area (Å²) < 4.78 is 15.8. The summed E-state index contributed by atoms with van der Waals surface area (Å²) in [4.78, 5) is 24.5. The van der Waals surface area contributed by atoms with Crippen LogP contribution in [0.3, 0.4) is 0 Å². The lowest BCUT2D eigenvalue weighted by Crippen LogP contribution is -2.41. The molecule has 1 rings (SSSR count). The molecular formula is C18H27NO5. The molecule has 6 heteroatoms. The van der Waals surface area contributed by atoms with Gasteiger partial charge < -0.3 is 19.5 Å². The van der Waals surface area contributed by atoms with Crippen molar-refractivity contribution in [3.63, 3.8) is 0 Å². The van der Waals surface area contributed by atoms with E-state index in [1.165, 1.54) is 14.2 Å². The molecule has 0 aromatic heterocycles. The van der Waals surface area contributed by atoms with E-state index in [0.717, 1.165) is 6.42 Å². The average Bonchev–Trinajstić information content (AvgIpc) is 2.55. The van der Waals surface area contributed by atoms with Crippen LogP contribution in [0.2, 0.25) is 0 Å². The molecule has 1 atom stereocenters. The summed E-state index contributed by atoms with van der Waals surface area (Å²) in [6.07, 6.45) is 1.32. The number of anilines is 1. The van der Waals surface area contributed by atoms with Crippen molar-refractivity contribution in [2.45, 2.75) is 52.2 Å². The van der Waals surface area contributed by atoms with Crippen molar-refractivity contribution >= 4 is 17.6 Å². The van der Waals surface area contributed by atoms with E-state index in [9.17, 15) is 9.59 Å². The third-order valence-corrected chi connectivity index (χ3v) is 3.66. The van der Waals surface area contributed by atoms with E-state index in [1.807, 2.05) is 20.8 Å². The summed E-state index contributed by atoms with van der Waals surface area (Å²) in [5.74, 6) is -0.372. The highest BCUT2D eigenvalue weighted by Crippen LogP contribution is 2.26. The second-order valence-electron chi connectivity index (χ2n) is 6.01. The lowest BCUT2D eigenvalue weighted by Gasteiger charge is -2.26. The number of carbonyl (C=O) groups excluding carboxylic acids is 2. The molecule has 0 radical (unpaired) electrons. The van der Waals surface area contributed by atoms with E-state index >= 15 is 0 Å². The first-order chi connectivity index (χ1) is 11.3. The standard InChI is InChI=1S/C18H27NO5/c1-7-10-18(4,23-6)17(21)19-13-8-9-15(24-12(2)3)14(11-13)16(20)22-5/h8-9,11-12H,7,10H2,1-6H3,(H,19,21)/t18-/m0/s1. The van der Waals surface area contributed by atoms with E-state index in [2.05, 4.69) is 5.32 Å². The van der Waals surface area contributed by atoms with Gasteiger partial charge >= 0.3 is 5.97 Å². The fraction of sp³-hybridized carbons (Fsp3) is 0.556. The zero-order valence-electron chi connectivity index (χ0n) is 15.3. The lowest BCUT2D eigenvalue weighted by molar-refractivity contribution is -0.136. The Morgan fingerprint density at radius 3 is 2.42 bits per heavy atom. The number of rotatable bonds is 8. The van der Waals surface area contributed by atoms with Crippen LogP contribution in [0.5, 0.6) is 5.75 Å². The zero-order valence-corrected chi connectivity index (χ0v) is 15.3. The molecule has 0 saturated heterocycles. The van der Waals surface area contributed by atoms with Gasteiger partial charge in [0.15, 0.2) is 0 Å². The molecule has 0 aliphatic heterocycles. The molecule has 1 amide bonds. The summed E-state index contributed by atoms with van der Waals surface area (Å²) in [5, 5.41) is 2.79. The maximum atomic E-state index is 12.5. The molecule has 134 valence electrons. The highest BCUT2D eigenvalue weighted by molar-refractivity contribution is 5.99. The predicted molar refractivity (Wildman–Crippen MR) is 92.5 cm³/mol. The van der Waals surface area contributed by atoms with Crippen LogP contribution in [0, 0.1) is 0 Å². The lowest BCUT2D eigenvalue weighted by atomic mass is 9.99. The van der Waals surface area contributed by atoms with Crippen LogP contribution in [0.1, 0.15) is 50.9 Å². The molecule has 0 spiro atoms. The van der Waals surface area contributed by atoms with Gasteiger partial charge in [-0.25, -0.2) is 4.79 Å². The highest BCUT2D eigenvalue weighted by atomic mass is 16.5. The van der Waals surface area contributed by atoms with E-state index in [0.29, 0.717) is 17.9 Å². The van der Waals surface area contributed by atoms with Gasteiger partial charge in [-0.05, 0) is 45.4 Å². The highest BCUT2D eigenvalue weighted by Gasteiger charge is 2.32. The predicted octanol–water partition coefficient (Wildman–Crippen LogP) is 3.40. The number of hydrogen-bond acceptors (Lipinski definition) is 5. The van der Waals surface area contributed by atoms with Crippen molar-refractivity contribution in [3.05, 3.63) is 23.8 Å². The van der Waals surface area contributed by atoms with Crippen LogP contribution in [0.25, 0.3) is 0 Å². The molecule has 1 aromatic rings. The zero-order chi connectivity index (χ0) is 18.3. The van der Waals surface area contributed by atoms with Crippen LogP contribution < -0.4 is 10.1 Å². The smallest absolute Gasteiger partial charge is 0.341 e. The van der Waals surface area contributed by atoms with Gasteiger partial charge in [-0.1, -0.05) is 13.3 Å². The molecule has 1 N–H and O–H groups in total. The van der Waals surface area contributed by atoms with Gasteiger partial charge in [0.2, 0.25) is 0 Å².